The maximum Gasteiger partial charge on any atom is 0.249 e. The van der Waals surface area contributed by atoms with Gasteiger partial charge >= 0.3 is 0 Å². The van der Waals surface area contributed by atoms with Crippen LogP contribution in [0.15, 0.2) is 28.7 Å². The molecule has 1 aromatic rings. The van der Waals surface area contributed by atoms with E-state index in [9.17, 15) is 9.59 Å². The van der Waals surface area contributed by atoms with Crippen molar-refractivity contribution >= 4 is 33.4 Å². The molecule has 2 unspecified atom stereocenters. The molecule has 0 aromatic heterocycles. The first kappa shape index (κ1) is 12.1. The van der Waals surface area contributed by atoms with E-state index < -0.39 is 0 Å². The summed E-state index contributed by atoms with van der Waals surface area (Å²) in [6.45, 7) is 3.58. The van der Waals surface area contributed by atoms with Crippen LogP contribution in [0.1, 0.15) is 13.8 Å². The van der Waals surface area contributed by atoms with Gasteiger partial charge in [-0.3, -0.25) is 14.9 Å². The highest BCUT2D eigenvalue weighted by Gasteiger charge is 2.36. The molecule has 1 saturated heterocycles. The van der Waals surface area contributed by atoms with Crippen molar-refractivity contribution in [3.63, 3.8) is 0 Å². The van der Waals surface area contributed by atoms with E-state index in [0.717, 1.165) is 10.2 Å². The van der Waals surface area contributed by atoms with Gasteiger partial charge in [-0.1, -0.05) is 15.9 Å². The minimum absolute atomic E-state index is 0.254. The van der Waals surface area contributed by atoms with Gasteiger partial charge in [0.1, 0.15) is 12.1 Å². The number of nitrogens with one attached hydrogen (secondary N) is 1. The van der Waals surface area contributed by atoms with Crippen LogP contribution in [0.5, 0.6) is 0 Å². The van der Waals surface area contributed by atoms with Gasteiger partial charge in [-0.25, -0.2) is 0 Å². The fourth-order valence-electron chi connectivity index (χ4n) is 1.98. The molecule has 90 valence electrons. The van der Waals surface area contributed by atoms with Crippen molar-refractivity contribution in [3.8, 4) is 0 Å². The third-order valence-corrected chi connectivity index (χ3v) is 3.49. The second kappa shape index (κ2) is 4.49. The van der Waals surface area contributed by atoms with Crippen LogP contribution in [0.3, 0.4) is 0 Å². The molecule has 17 heavy (non-hydrogen) atoms. The molecular formula is C12H13BrN2O2. The molecule has 5 heteroatoms. The number of nitrogens with zero attached hydrogens (tertiary/aromatic N) is 1. The predicted octanol–water partition coefficient (Wildman–Crippen LogP) is 1.69. The molecule has 1 aliphatic heterocycles. The summed E-state index contributed by atoms with van der Waals surface area (Å²) in [5.41, 5.74) is 0.872. The first-order valence-corrected chi connectivity index (χ1v) is 6.18. The van der Waals surface area contributed by atoms with Crippen LogP contribution in [0.4, 0.5) is 5.69 Å². The average molecular weight is 297 g/mol. The molecule has 1 heterocycles. The smallest absolute Gasteiger partial charge is 0.249 e. The number of imide groups is 1. The third-order valence-electron chi connectivity index (χ3n) is 2.96. The number of piperazine rings is 1. The van der Waals surface area contributed by atoms with Crippen molar-refractivity contribution in [3.05, 3.63) is 28.7 Å². The largest absolute Gasteiger partial charge is 0.348 e. The summed E-state index contributed by atoms with van der Waals surface area (Å²) in [6.07, 6.45) is 0. The Kier molecular flexibility index (Phi) is 3.19. The van der Waals surface area contributed by atoms with Crippen LogP contribution in [0.2, 0.25) is 0 Å². The molecule has 4 nitrogen and oxygen atoms in total. The molecule has 0 aliphatic carbocycles. The Bertz CT molecular complexity index is 438. The highest BCUT2D eigenvalue weighted by molar-refractivity contribution is 9.10. The number of carbonyl (C=O) groups excluding carboxylic acids is 2. The number of anilines is 1. The topological polar surface area (TPSA) is 49.4 Å². The fourth-order valence-corrected chi connectivity index (χ4v) is 2.24. The molecule has 0 radical (unpaired) electrons. The van der Waals surface area contributed by atoms with Gasteiger partial charge in [0, 0.05) is 10.2 Å². The van der Waals surface area contributed by atoms with Gasteiger partial charge in [-0.05, 0) is 38.1 Å². The van der Waals surface area contributed by atoms with Crippen LogP contribution in [0.25, 0.3) is 0 Å². The normalized spacial score (nSPS) is 24.8. The maximum absolute atomic E-state index is 11.6. The van der Waals surface area contributed by atoms with E-state index in [-0.39, 0.29) is 23.9 Å². The number of rotatable bonds is 1. The molecule has 0 spiro atoms. The van der Waals surface area contributed by atoms with Crippen LogP contribution >= 0.6 is 15.9 Å². The van der Waals surface area contributed by atoms with E-state index in [1.807, 2.05) is 29.2 Å². The number of hydrogen-bond acceptors (Lipinski definition) is 3. The summed E-state index contributed by atoms with van der Waals surface area (Å²) >= 11 is 3.36. The molecule has 1 fully saturated rings. The predicted molar refractivity (Wildman–Crippen MR) is 68.7 cm³/mol. The lowest BCUT2D eigenvalue weighted by atomic mass is 10.1. The summed E-state index contributed by atoms with van der Waals surface area (Å²) in [6, 6.07) is 6.89. The van der Waals surface area contributed by atoms with E-state index in [1.165, 1.54) is 0 Å². The summed E-state index contributed by atoms with van der Waals surface area (Å²) < 4.78 is 0.967. The molecule has 0 saturated carbocycles. The van der Waals surface area contributed by atoms with Crippen molar-refractivity contribution in [2.75, 3.05) is 4.90 Å². The number of halogens is 1. The molecule has 1 aromatic carbocycles. The molecule has 0 bridgehead atoms. The minimum Gasteiger partial charge on any atom is -0.348 e. The van der Waals surface area contributed by atoms with Gasteiger partial charge in [0.25, 0.3) is 0 Å². The summed E-state index contributed by atoms with van der Waals surface area (Å²) in [5.74, 6) is -0.507. The monoisotopic (exact) mass is 296 g/mol. The van der Waals surface area contributed by atoms with Gasteiger partial charge in [-0.15, -0.1) is 0 Å². The highest BCUT2D eigenvalue weighted by Crippen LogP contribution is 2.24. The second-order valence-corrected chi connectivity index (χ2v) is 5.00. The third kappa shape index (κ3) is 2.20. The Morgan fingerprint density at radius 1 is 1.06 bits per heavy atom. The van der Waals surface area contributed by atoms with Crippen molar-refractivity contribution < 1.29 is 9.59 Å². The minimum atomic E-state index is -0.344. The maximum atomic E-state index is 11.6. The van der Waals surface area contributed by atoms with Gasteiger partial charge in [0.15, 0.2) is 0 Å². The second-order valence-electron chi connectivity index (χ2n) is 4.09. The van der Waals surface area contributed by atoms with E-state index >= 15 is 0 Å². The van der Waals surface area contributed by atoms with Crippen LogP contribution in [-0.4, -0.2) is 23.9 Å². The Morgan fingerprint density at radius 2 is 1.53 bits per heavy atom. The van der Waals surface area contributed by atoms with E-state index in [2.05, 4.69) is 21.2 Å². The Labute approximate surface area is 108 Å². The van der Waals surface area contributed by atoms with Gasteiger partial charge < -0.3 is 4.90 Å². The van der Waals surface area contributed by atoms with Crippen LogP contribution in [0, 0.1) is 0 Å². The van der Waals surface area contributed by atoms with Gasteiger partial charge in [-0.2, -0.15) is 0 Å². The molecular weight excluding hydrogens is 284 g/mol. The zero-order valence-corrected chi connectivity index (χ0v) is 11.2. The summed E-state index contributed by atoms with van der Waals surface area (Å²) in [5, 5.41) is 2.36. The number of carbonyl (C=O) groups is 2. The Balaban J connectivity index is 2.37. The SMILES string of the molecule is CC1C(=O)NC(=O)C(C)N1c1ccc(Br)cc1. The lowest BCUT2D eigenvalue weighted by Gasteiger charge is -2.38. The molecule has 2 rings (SSSR count). The van der Waals surface area contributed by atoms with Crippen molar-refractivity contribution in [2.24, 2.45) is 0 Å². The fraction of sp³-hybridized carbons (Fsp3) is 0.333. The average Bonchev–Trinajstić information content (AvgIpc) is 2.29. The first-order valence-electron chi connectivity index (χ1n) is 5.39. The first-order chi connectivity index (χ1) is 8.00. The summed E-state index contributed by atoms with van der Waals surface area (Å²) in [4.78, 5) is 25.1. The van der Waals surface area contributed by atoms with E-state index in [1.54, 1.807) is 13.8 Å². The standard InChI is InChI=1S/C12H13BrN2O2/c1-7-11(16)14-12(17)8(2)15(7)10-5-3-9(13)4-6-10/h3-8H,1-2H3,(H,14,16,17). The van der Waals surface area contributed by atoms with Crippen molar-refractivity contribution in [1.29, 1.82) is 0 Å². The molecule has 1 N–H and O–H groups in total. The van der Waals surface area contributed by atoms with Gasteiger partial charge in [0.05, 0.1) is 0 Å². The Hall–Kier alpha value is -1.36. The molecule has 2 atom stereocenters. The number of amides is 2. The Morgan fingerprint density at radius 3 is 2.00 bits per heavy atom. The van der Waals surface area contributed by atoms with Crippen LogP contribution < -0.4 is 10.2 Å². The zero-order chi connectivity index (χ0) is 12.6. The van der Waals surface area contributed by atoms with Crippen LogP contribution in [-0.2, 0) is 9.59 Å². The molecule has 2 amide bonds. The van der Waals surface area contributed by atoms with E-state index in [0.29, 0.717) is 0 Å². The quantitative estimate of drug-likeness (QED) is 0.803. The number of hydrogen-bond donors (Lipinski definition) is 1. The number of benzene rings is 1. The lowest BCUT2D eigenvalue weighted by molar-refractivity contribution is -0.134. The van der Waals surface area contributed by atoms with Crippen molar-refractivity contribution in [2.45, 2.75) is 25.9 Å². The highest BCUT2D eigenvalue weighted by atomic mass is 79.9. The summed E-state index contributed by atoms with van der Waals surface area (Å²) in [7, 11) is 0. The van der Waals surface area contributed by atoms with E-state index in [4.69, 9.17) is 0 Å². The lowest BCUT2D eigenvalue weighted by Crippen LogP contribution is -2.61. The van der Waals surface area contributed by atoms with Crippen molar-refractivity contribution in [1.82, 2.24) is 5.32 Å². The zero-order valence-electron chi connectivity index (χ0n) is 9.61. The molecule has 1 aliphatic rings. The van der Waals surface area contributed by atoms with Gasteiger partial charge in [0.2, 0.25) is 11.8 Å².